The number of aliphatic carboxylic acids is 1. The number of hydrogen-bond acceptors (Lipinski definition) is 3. The highest BCUT2D eigenvalue weighted by atomic mass is 16.4. The molecule has 2 unspecified atom stereocenters. The van der Waals surface area contributed by atoms with Crippen LogP contribution < -0.4 is 5.32 Å². The number of nitrogens with zero attached hydrogens (tertiary/aromatic N) is 1. The number of carboxylic acids is 1. The van der Waals surface area contributed by atoms with E-state index in [2.05, 4.69) is 10.2 Å². The van der Waals surface area contributed by atoms with E-state index in [4.69, 9.17) is 5.11 Å². The number of carbonyl (C=O) groups is 1. The number of hydrogen-bond donors (Lipinski definition) is 2. The largest absolute Gasteiger partial charge is 0.481 e. The van der Waals surface area contributed by atoms with Gasteiger partial charge in [-0.05, 0) is 64.7 Å². The zero-order valence-corrected chi connectivity index (χ0v) is 11.9. The summed E-state index contributed by atoms with van der Waals surface area (Å²) in [6.07, 6.45) is 9.18. The third-order valence-electron chi connectivity index (χ3n) is 4.56. The van der Waals surface area contributed by atoms with Gasteiger partial charge in [0.1, 0.15) is 0 Å². The Kier molecular flexibility index (Phi) is 6.11. The molecule has 2 fully saturated rings. The fourth-order valence-electron chi connectivity index (χ4n) is 3.39. The third-order valence-corrected chi connectivity index (χ3v) is 4.56. The Morgan fingerprint density at radius 3 is 2.68 bits per heavy atom. The zero-order valence-electron chi connectivity index (χ0n) is 11.9. The summed E-state index contributed by atoms with van der Waals surface area (Å²) in [4.78, 5) is 13.6. The molecule has 2 aliphatic rings. The van der Waals surface area contributed by atoms with E-state index in [1.165, 1.54) is 45.3 Å². The molecule has 0 bridgehead atoms. The first-order valence-corrected chi connectivity index (χ1v) is 7.94. The molecule has 4 heteroatoms. The normalized spacial score (nSPS) is 29.3. The first kappa shape index (κ1) is 14.8. The van der Waals surface area contributed by atoms with E-state index < -0.39 is 5.97 Å². The maximum absolute atomic E-state index is 11.0. The standard InChI is InChI=1S/C15H28N2O2/c18-15(19)13-6-4-7-14(12-13)16-8-5-11-17-9-2-1-3-10-17/h13-14,16H,1-12H2,(H,18,19). The van der Waals surface area contributed by atoms with Gasteiger partial charge in [-0.3, -0.25) is 4.79 Å². The van der Waals surface area contributed by atoms with Crippen molar-refractivity contribution in [1.82, 2.24) is 10.2 Å². The lowest BCUT2D eigenvalue weighted by Crippen LogP contribution is -2.38. The summed E-state index contributed by atoms with van der Waals surface area (Å²) in [5.74, 6) is -0.729. The van der Waals surface area contributed by atoms with Crippen molar-refractivity contribution in [2.24, 2.45) is 5.92 Å². The molecule has 1 saturated heterocycles. The number of piperidine rings is 1. The fraction of sp³-hybridized carbons (Fsp3) is 0.933. The van der Waals surface area contributed by atoms with E-state index in [-0.39, 0.29) is 5.92 Å². The summed E-state index contributed by atoms with van der Waals surface area (Å²) in [7, 11) is 0. The lowest BCUT2D eigenvalue weighted by Gasteiger charge is -2.29. The van der Waals surface area contributed by atoms with Gasteiger partial charge in [0.25, 0.3) is 0 Å². The Labute approximate surface area is 116 Å². The number of carboxylic acid groups (broad SMARTS) is 1. The minimum Gasteiger partial charge on any atom is -0.481 e. The van der Waals surface area contributed by atoms with Gasteiger partial charge in [-0.1, -0.05) is 12.8 Å². The van der Waals surface area contributed by atoms with Crippen LogP contribution in [0.15, 0.2) is 0 Å². The number of nitrogens with one attached hydrogen (secondary N) is 1. The second kappa shape index (κ2) is 7.85. The van der Waals surface area contributed by atoms with E-state index >= 15 is 0 Å². The molecule has 1 saturated carbocycles. The van der Waals surface area contributed by atoms with E-state index in [1.54, 1.807) is 0 Å². The third kappa shape index (κ3) is 5.11. The minimum absolute atomic E-state index is 0.117. The van der Waals surface area contributed by atoms with Crippen molar-refractivity contribution in [3.63, 3.8) is 0 Å². The molecule has 2 rings (SSSR count). The highest BCUT2D eigenvalue weighted by Crippen LogP contribution is 2.24. The van der Waals surface area contributed by atoms with Crippen molar-refractivity contribution >= 4 is 5.97 Å². The van der Waals surface area contributed by atoms with E-state index in [0.29, 0.717) is 6.04 Å². The zero-order chi connectivity index (χ0) is 13.5. The van der Waals surface area contributed by atoms with Crippen molar-refractivity contribution in [3.05, 3.63) is 0 Å². The highest BCUT2D eigenvalue weighted by molar-refractivity contribution is 5.70. The van der Waals surface area contributed by atoms with Crippen LogP contribution in [0, 0.1) is 5.92 Å². The van der Waals surface area contributed by atoms with Crippen molar-refractivity contribution in [3.8, 4) is 0 Å². The average molecular weight is 268 g/mol. The van der Waals surface area contributed by atoms with Gasteiger partial charge in [0.2, 0.25) is 0 Å². The predicted molar refractivity (Wildman–Crippen MR) is 76.3 cm³/mol. The molecule has 0 spiro atoms. The Hall–Kier alpha value is -0.610. The van der Waals surface area contributed by atoms with Gasteiger partial charge < -0.3 is 15.3 Å². The summed E-state index contributed by atoms with van der Waals surface area (Å²) in [5, 5.41) is 12.6. The summed E-state index contributed by atoms with van der Waals surface area (Å²) in [6.45, 7) is 4.77. The van der Waals surface area contributed by atoms with Gasteiger partial charge in [-0.25, -0.2) is 0 Å². The molecule has 1 aliphatic heterocycles. The quantitative estimate of drug-likeness (QED) is 0.724. The molecular formula is C15H28N2O2. The number of rotatable bonds is 6. The predicted octanol–water partition coefficient (Wildman–Crippen LogP) is 2.10. The van der Waals surface area contributed by atoms with Crippen molar-refractivity contribution < 1.29 is 9.90 Å². The molecular weight excluding hydrogens is 240 g/mol. The summed E-state index contributed by atoms with van der Waals surface area (Å²) in [6, 6.07) is 0.427. The SMILES string of the molecule is O=C(O)C1CCCC(NCCCN2CCCCC2)C1. The van der Waals surface area contributed by atoms with E-state index in [1.807, 2.05) is 0 Å². The van der Waals surface area contributed by atoms with Crippen LogP contribution in [0.4, 0.5) is 0 Å². The second-order valence-corrected chi connectivity index (χ2v) is 6.11. The van der Waals surface area contributed by atoms with Gasteiger partial charge in [0.05, 0.1) is 5.92 Å². The Bertz CT molecular complexity index is 277. The van der Waals surface area contributed by atoms with Crippen LogP contribution in [-0.4, -0.2) is 48.2 Å². The van der Waals surface area contributed by atoms with Crippen LogP contribution in [0.5, 0.6) is 0 Å². The summed E-state index contributed by atoms with van der Waals surface area (Å²) >= 11 is 0. The molecule has 0 aromatic rings. The first-order valence-electron chi connectivity index (χ1n) is 7.94. The maximum Gasteiger partial charge on any atom is 0.306 e. The lowest BCUT2D eigenvalue weighted by atomic mass is 9.86. The number of likely N-dealkylation sites (tertiary alicyclic amines) is 1. The van der Waals surface area contributed by atoms with Crippen LogP contribution in [0.25, 0.3) is 0 Å². The smallest absolute Gasteiger partial charge is 0.306 e. The van der Waals surface area contributed by atoms with Crippen molar-refractivity contribution in [2.45, 2.75) is 57.4 Å². The van der Waals surface area contributed by atoms with Gasteiger partial charge >= 0.3 is 5.97 Å². The van der Waals surface area contributed by atoms with Crippen molar-refractivity contribution in [1.29, 1.82) is 0 Å². The molecule has 0 aromatic carbocycles. The Morgan fingerprint density at radius 2 is 1.95 bits per heavy atom. The van der Waals surface area contributed by atoms with Crippen LogP contribution in [-0.2, 0) is 4.79 Å². The molecule has 110 valence electrons. The van der Waals surface area contributed by atoms with Gasteiger partial charge in [-0.15, -0.1) is 0 Å². The maximum atomic E-state index is 11.0. The molecule has 2 atom stereocenters. The molecule has 0 aromatic heterocycles. The van der Waals surface area contributed by atoms with Crippen LogP contribution in [0.2, 0.25) is 0 Å². The molecule has 1 heterocycles. The highest BCUT2D eigenvalue weighted by Gasteiger charge is 2.26. The summed E-state index contributed by atoms with van der Waals surface area (Å²) < 4.78 is 0. The lowest BCUT2D eigenvalue weighted by molar-refractivity contribution is -0.143. The van der Waals surface area contributed by atoms with Crippen molar-refractivity contribution in [2.75, 3.05) is 26.2 Å². The van der Waals surface area contributed by atoms with Gasteiger partial charge in [-0.2, -0.15) is 0 Å². The molecule has 19 heavy (non-hydrogen) atoms. The first-order chi connectivity index (χ1) is 9.25. The average Bonchev–Trinajstić information content (AvgIpc) is 2.45. The van der Waals surface area contributed by atoms with Gasteiger partial charge in [0, 0.05) is 6.04 Å². The Morgan fingerprint density at radius 1 is 1.16 bits per heavy atom. The summed E-state index contributed by atoms with van der Waals surface area (Å²) in [5.41, 5.74) is 0. The Balaban J connectivity index is 1.56. The topological polar surface area (TPSA) is 52.6 Å². The van der Waals surface area contributed by atoms with E-state index in [0.717, 1.165) is 32.2 Å². The second-order valence-electron chi connectivity index (χ2n) is 6.11. The van der Waals surface area contributed by atoms with E-state index in [9.17, 15) is 4.79 Å². The molecule has 4 nitrogen and oxygen atoms in total. The molecule has 2 N–H and O–H groups in total. The fourth-order valence-corrected chi connectivity index (χ4v) is 3.39. The van der Waals surface area contributed by atoms with Gasteiger partial charge in [0.15, 0.2) is 0 Å². The minimum atomic E-state index is -0.611. The van der Waals surface area contributed by atoms with Crippen LogP contribution >= 0.6 is 0 Å². The molecule has 0 radical (unpaired) electrons. The van der Waals surface area contributed by atoms with Crippen LogP contribution in [0.1, 0.15) is 51.4 Å². The molecule has 1 aliphatic carbocycles. The van der Waals surface area contributed by atoms with Crippen LogP contribution in [0.3, 0.4) is 0 Å². The molecule has 0 amide bonds. The monoisotopic (exact) mass is 268 g/mol.